The summed E-state index contributed by atoms with van der Waals surface area (Å²) < 4.78 is 5.47. The number of thioether (sulfide) groups is 1. The minimum absolute atomic E-state index is 0.0780. The highest BCUT2D eigenvalue weighted by atomic mass is 32.2. The van der Waals surface area contributed by atoms with Crippen molar-refractivity contribution in [3.8, 4) is 10.6 Å². The number of hydrogen-bond donors (Lipinski definition) is 0. The molecule has 1 atom stereocenters. The number of carbonyl (C=O) groups excluding carboxylic acids is 1. The Kier molecular flexibility index (Phi) is 6.44. The van der Waals surface area contributed by atoms with Gasteiger partial charge in [0.25, 0.3) is 5.91 Å². The van der Waals surface area contributed by atoms with Crippen molar-refractivity contribution in [1.82, 2.24) is 14.8 Å². The van der Waals surface area contributed by atoms with Gasteiger partial charge >= 0.3 is 0 Å². The SMILES string of the molecule is O=C(c1csc(-c2ccccc2)n1)N1CCCSCC1CN1CCOCC1. The molecule has 1 aromatic heterocycles. The topological polar surface area (TPSA) is 45.7 Å². The van der Waals surface area contributed by atoms with Gasteiger partial charge in [0.15, 0.2) is 0 Å². The number of hydrogen-bond acceptors (Lipinski definition) is 6. The Hall–Kier alpha value is -1.41. The summed E-state index contributed by atoms with van der Waals surface area (Å²) in [6.07, 6.45) is 1.05. The van der Waals surface area contributed by atoms with Crippen LogP contribution in [0.4, 0.5) is 0 Å². The first-order chi connectivity index (χ1) is 13.3. The predicted octanol–water partition coefficient (Wildman–Crippen LogP) is 3.09. The molecule has 2 fully saturated rings. The summed E-state index contributed by atoms with van der Waals surface area (Å²) in [5, 5.41) is 2.82. The molecule has 0 saturated carbocycles. The van der Waals surface area contributed by atoms with E-state index in [0.29, 0.717) is 5.69 Å². The molecule has 2 saturated heterocycles. The first-order valence-corrected chi connectivity index (χ1v) is 11.5. The molecule has 4 rings (SSSR count). The molecule has 0 aliphatic carbocycles. The average molecular weight is 404 g/mol. The first kappa shape index (κ1) is 18.9. The number of ether oxygens (including phenoxy) is 1. The zero-order valence-electron chi connectivity index (χ0n) is 15.4. The van der Waals surface area contributed by atoms with Gasteiger partial charge in [0.1, 0.15) is 10.7 Å². The third-order valence-electron chi connectivity index (χ3n) is 5.02. The van der Waals surface area contributed by atoms with Crippen LogP contribution in [0.2, 0.25) is 0 Å². The summed E-state index contributed by atoms with van der Waals surface area (Å²) in [6.45, 7) is 5.24. The van der Waals surface area contributed by atoms with Crippen molar-refractivity contribution in [3.63, 3.8) is 0 Å². The molecule has 27 heavy (non-hydrogen) atoms. The maximum Gasteiger partial charge on any atom is 0.273 e. The van der Waals surface area contributed by atoms with E-state index in [0.717, 1.165) is 67.9 Å². The van der Waals surface area contributed by atoms with Crippen LogP contribution in [0.5, 0.6) is 0 Å². The zero-order chi connectivity index (χ0) is 18.5. The van der Waals surface area contributed by atoms with Crippen molar-refractivity contribution in [2.24, 2.45) is 0 Å². The lowest BCUT2D eigenvalue weighted by molar-refractivity contribution is 0.0244. The van der Waals surface area contributed by atoms with Gasteiger partial charge in [0.2, 0.25) is 0 Å². The highest BCUT2D eigenvalue weighted by Gasteiger charge is 2.30. The lowest BCUT2D eigenvalue weighted by Crippen LogP contribution is -2.50. The first-order valence-electron chi connectivity index (χ1n) is 9.51. The lowest BCUT2D eigenvalue weighted by atomic mass is 10.2. The smallest absolute Gasteiger partial charge is 0.273 e. The molecular weight excluding hydrogens is 378 g/mol. The molecule has 0 bridgehead atoms. The number of carbonyl (C=O) groups is 1. The van der Waals surface area contributed by atoms with Crippen molar-refractivity contribution in [2.45, 2.75) is 12.5 Å². The molecule has 0 spiro atoms. The number of amides is 1. The molecule has 144 valence electrons. The van der Waals surface area contributed by atoms with Gasteiger partial charge in [-0.3, -0.25) is 9.69 Å². The fourth-order valence-electron chi connectivity index (χ4n) is 3.56. The van der Waals surface area contributed by atoms with Crippen LogP contribution >= 0.6 is 23.1 Å². The standard InChI is InChI=1S/C20H25N3O2S2/c24-20(18-15-27-19(21-18)16-5-2-1-3-6-16)23-7-4-12-26-14-17(23)13-22-8-10-25-11-9-22/h1-3,5-6,15,17H,4,7-14H2. The van der Waals surface area contributed by atoms with Crippen molar-refractivity contribution in [3.05, 3.63) is 41.4 Å². The van der Waals surface area contributed by atoms with Gasteiger partial charge in [-0.25, -0.2) is 4.98 Å². The van der Waals surface area contributed by atoms with Crippen molar-refractivity contribution < 1.29 is 9.53 Å². The Morgan fingerprint density at radius 1 is 1.19 bits per heavy atom. The van der Waals surface area contributed by atoms with Gasteiger partial charge in [-0.05, 0) is 12.2 Å². The minimum Gasteiger partial charge on any atom is -0.379 e. The molecule has 1 aromatic carbocycles. The number of benzene rings is 1. The second kappa shape index (κ2) is 9.19. The second-order valence-corrected chi connectivity index (χ2v) is 8.91. The third-order valence-corrected chi connectivity index (χ3v) is 7.11. The van der Waals surface area contributed by atoms with E-state index in [1.165, 1.54) is 0 Å². The van der Waals surface area contributed by atoms with Gasteiger partial charge in [0, 0.05) is 42.9 Å². The average Bonchev–Trinajstić information content (AvgIpc) is 3.10. The van der Waals surface area contributed by atoms with E-state index in [2.05, 4.69) is 14.8 Å². The number of aromatic nitrogens is 1. The van der Waals surface area contributed by atoms with Crippen LogP contribution < -0.4 is 0 Å². The third kappa shape index (κ3) is 4.71. The lowest BCUT2D eigenvalue weighted by Gasteiger charge is -2.35. The van der Waals surface area contributed by atoms with Crippen molar-refractivity contribution in [1.29, 1.82) is 0 Å². The number of rotatable bonds is 4. The van der Waals surface area contributed by atoms with Crippen LogP contribution in [-0.2, 0) is 4.74 Å². The molecule has 2 aliphatic rings. The Morgan fingerprint density at radius 3 is 2.81 bits per heavy atom. The largest absolute Gasteiger partial charge is 0.379 e. The maximum absolute atomic E-state index is 13.3. The van der Waals surface area contributed by atoms with Crippen molar-refractivity contribution >= 4 is 29.0 Å². The van der Waals surface area contributed by atoms with E-state index in [-0.39, 0.29) is 11.9 Å². The fourth-order valence-corrected chi connectivity index (χ4v) is 5.42. The van der Waals surface area contributed by atoms with Gasteiger partial charge in [-0.15, -0.1) is 11.3 Å². The minimum atomic E-state index is 0.0780. The maximum atomic E-state index is 13.3. The normalized spacial score (nSPS) is 21.8. The van der Waals surface area contributed by atoms with Crippen LogP contribution in [-0.4, -0.2) is 77.6 Å². The summed E-state index contributed by atoms with van der Waals surface area (Å²) in [7, 11) is 0. The number of thiazole rings is 1. The highest BCUT2D eigenvalue weighted by molar-refractivity contribution is 7.99. The van der Waals surface area contributed by atoms with Crippen molar-refractivity contribution in [2.75, 3.05) is 50.9 Å². The molecule has 1 unspecified atom stereocenters. The van der Waals surface area contributed by atoms with Crippen LogP contribution in [0.1, 0.15) is 16.9 Å². The van der Waals surface area contributed by atoms with Gasteiger partial charge < -0.3 is 9.64 Å². The molecule has 7 heteroatoms. The quantitative estimate of drug-likeness (QED) is 0.785. The van der Waals surface area contributed by atoms with E-state index < -0.39 is 0 Å². The van der Waals surface area contributed by atoms with Crippen LogP contribution in [0.25, 0.3) is 10.6 Å². The van der Waals surface area contributed by atoms with Crippen LogP contribution in [0.3, 0.4) is 0 Å². The Bertz CT molecular complexity index is 747. The predicted molar refractivity (Wildman–Crippen MR) is 112 cm³/mol. The monoisotopic (exact) mass is 403 g/mol. The molecule has 1 amide bonds. The number of morpholine rings is 1. The summed E-state index contributed by atoms with van der Waals surface area (Å²) in [4.78, 5) is 22.4. The number of nitrogens with zero attached hydrogens (tertiary/aromatic N) is 3. The summed E-state index contributed by atoms with van der Waals surface area (Å²) in [6, 6.07) is 10.3. The zero-order valence-corrected chi connectivity index (χ0v) is 17.0. The van der Waals surface area contributed by atoms with Gasteiger partial charge in [-0.1, -0.05) is 30.3 Å². The van der Waals surface area contributed by atoms with E-state index in [4.69, 9.17) is 4.74 Å². The Labute approximate surface area is 168 Å². The molecule has 3 heterocycles. The van der Waals surface area contributed by atoms with E-state index in [1.54, 1.807) is 11.3 Å². The van der Waals surface area contributed by atoms with E-state index in [9.17, 15) is 4.79 Å². The van der Waals surface area contributed by atoms with Crippen LogP contribution in [0, 0.1) is 0 Å². The molecule has 5 nitrogen and oxygen atoms in total. The second-order valence-electron chi connectivity index (χ2n) is 6.90. The summed E-state index contributed by atoms with van der Waals surface area (Å²) in [5.74, 6) is 2.20. The molecule has 2 aliphatic heterocycles. The highest BCUT2D eigenvalue weighted by Crippen LogP contribution is 2.26. The Balaban J connectivity index is 1.50. The summed E-state index contributed by atoms with van der Waals surface area (Å²) >= 11 is 3.51. The fraction of sp³-hybridized carbons (Fsp3) is 0.500. The molecular formula is C20H25N3O2S2. The Morgan fingerprint density at radius 2 is 2.00 bits per heavy atom. The molecule has 0 N–H and O–H groups in total. The van der Waals surface area contributed by atoms with Crippen LogP contribution in [0.15, 0.2) is 35.7 Å². The molecule has 2 aromatic rings. The van der Waals surface area contributed by atoms with Gasteiger partial charge in [-0.2, -0.15) is 11.8 Å². The summed E-state index contributed by atoms with van der Waals surface area (Å²) in [5.41, 5.74) is 1.65. The van der Waals surface area contributed by atoms with Gasteiger partial charge in [0.05, 0.1) is 19.3 Å². The van der Waals surface area contributed by atoms with E-state index in [1.807, 2.05) is 47.5 Å². The molecule has 0 radical (unpaired) electrons. The van der Waals surface area contributed by atoms with E-state index >= 15 is 0 Å².